The van der Waals surface area contributed by atoms with Crippen LogP contribution in [-0.2, 0) is 6.18 Å². The molecule has 20 heavy (non-hydrogen) atoms. The maximum absolute atomic E-state index is 12.9. The van der Waals surface area contributed by atoms with Crippen molar-refractivity contribution in [3.63, 3.8) is 0 Å². The van der Waals surface area contributed by atoms with Gasteiger partial charge in [-0.2, -0.15) is 13.2 Å². The monoisotopic (exact) mass is 302 g/mol. The van der Waals surface area contributed by atoms with Gasteiger partial charge in [0.1, 0.15) is 0 Å². The Morgan fingerprint density at radius 1 is 1.10 bits per heavy atom. The van der Waals surface area contributed by atoms with Gasteiger partial charge in [-0.25, -0.2) is 0 Å². The average molecular weight is 302 g/mol. The minimum atomic E-state index is -4.38. The van der Waals surface area contributed by atoms with Gasteiger partial charge >= 0.3 is 6.18 Å². The second kappa shape index (κ2) is 6.43. The number of para-hydroxylation sites is 1. The largest absolute Gasteiger partial charge is 0.418 e. The van der Waals surface area contributed by atoms with E-state index in [1.165, 1.54) is 18.6 Å². The van der Waals surface area contributed by atoms with Crippen LogP contribution in [0.15, 0.2) is 24.3 Å². The molecule has 0 saturated heterocycles. The van der Waals surface area contributed by atoms with E-state index in [0.717, 1.165) is 31.7 Å². The zero-order valence-electron chi connectivity index (χ0n) is 11.0. The summed E-state index contributed by atoms with van der Waals surface area (Å²) in [5.41, 5.74) is -0.707. The second-order valence-electron chi connectivity index (χ2n) is 4.98. The van der Waals surface area contributed by atoms with E-state index >= 15 is 0 Å². The van der Waals surface area contributed by atoms with Gasteiger partial charge in [-0.3, -0.25) is 0 Å². The predicted molar refractivity (Wildman–Crippen MR) is 77.7 cm³/mol. The molecule has 0 atom stereocenters. The van der Waals surface area contributed by atoms with E-state index in [1.807, 2.05) is 0 Å². The predicted octanol–water partition coefficient (Wildman–Crippen LogP) is 4.32. The molecule has 0 unspecified atom stereocenters. The van der Waals surface area contributed by atoms with Crippen LogP contribution in [0.2, 0.25) is 0 Å². The van der Waals surface area contributed by atoms with Gasteiger partial charge in [0.25, 0.3) is 0 Å². The summed E-state index contributed by atoms with van der Waals surface area (Å²) in [6.45, 7) is 0. The normalized spacial score (nSPS) is 16.8. The number of anilines is 1. The Labute approximate surface area is 121 Å². The molecule has 0 aromatic heterocycles. The van der Waals surface area contributed by atoms with Gasteiger partial charge in [-0.05, 0) is 37.2 Å². The quantitative estimate of drug-likeness (QED) is 0.795. The lowest BCUT2D eigenvalue weighted by molar-refractivity contribution is -0.136. The highest BCUT2D eigenvalue weighted by molar-refractivity contribution is 7.80. The third-order valence-electron chi connectivity index (χ3n) is 3.42. The molecular formula is C14H17F3N2S. The fourth-order valence-corrected chi connectivity index (χ4v) is 2.71. The lowest BCUT2D eigenvalue weighted by Gasteiger charge is -2.25. The highest BCUT2D eigenvalue weighted by Crippen LogP contribution is 2.34. The summed E-state index contributed by atoms with van der Waals surface area (Å²) in [5.74, 6) is 0. The van der Waals surface area contributed by atoms with Gasteiger partial charge in [-0.1, -0.05) is 31.4 Å². The van der Waals surface area contributed by atoms with Crippen LogP contribution in [0.4, 0.5) is 18.9 Å². The standard InChI is InChI=1S/C14H17F3N2S/c15-14(16,17)11-8-4-5-9-12(11)19-13(20)18-10-6-2-1-3-7-10/h4-5,8-10H,1-3,6-7H2,(H2,18,19,20). The molecule has 0 spiro atoms. The number of nitrogens with one attached hydrogen (secondary N) is 2. The maximum Gasteiger partial charge on any atom is 0.418 e. The van der Waals surface area contributed by atoms with Crippen LogP contribution < -0.4 is 10.6 Å². The molecule has 110 valence electrons. The number of rotatable bonds is 2. The van der Waals surface area contributed by atoms with Crippen LogP contribution in [0.1, 0.15) is 37.7 Å². The molecule has 0 radical (unpaired) electrons. The van der Waals surface area contributed by atoms with Crippen LogP contribution in [0.25, 0.3) is 0 Å². The molecule has 1 aromatic rings. The van der Waals surface area contributed by atoms with Crippen molar-refractivity contribution in [1.82, 2.24) is 5.32 Å². The molecule has 1 fully saturated rings. The summed E-state index contributed by atoms with van der Waals surface area (Å²) >= 11 is 5.11. The number of hydrogen-bond donors (Lipinski definition) is 2. The Morgan fingerprint density at radius 2 is 1.75 bits per heavy atom. The first kappa shape index (κ1) is 15.1. The molecule has 1 aliphatic rings. The topological polar surface area (TPSA) is 24.1 Å². The minimum Gasteiger partial charge on any atom is -0.360 e. The first-order chi connectivity index (χ1) is 9.47. The van der Waals surface area contributed by atoms with Gasteiger partial charge in [0.15, 0.2) is 5.11 Å². The third kappa shape index (κ3) is 4.10. The molecule has 0 aliphatic heterocycles. The lowest BCUT2D eigenvalue weighted by atomic mass is 9.96. The molecule has 1 aliphatic carbocycles. The van der Waals surface area contributed by atoms with Crippen molar-refractivity contribution in [3.05, 3.63) is 29.8 Å². The Balaban J connectivity index is 2.00. The van der Waals surface area contributed by atoms with Crippen molar-refractivity contribution in [2.24, 2.45) is 0 Å². The Kier molecular flexibility index (Phi) is 4.86. The summed E-state index contributed by atoms with van der Waals surface area (Å²) in [7, 11) is 0. The van der Waals surface area contributed by atoms with Crippen LogP contribution >= 0.6 is 12.2 Å². The molecule has 0 heterocycles. The molecule has 2 rings (SSSR count). The molecular weight excluding hydrogens is 285 g/mol. The van der Waals surface area contributed by atoms with Crippen molar-refractivity contribution in [1.29, 1.82) is 0 Å². The van der Waals surface area contributed by atoms with E-state index in [9.17, 15) is 13.2 Å². The zero-order chi connectivity index (χ0) is 14.6. The molecule has 2 nitrogen and oxygen atoms in total. The van der Waals surface area contributed by atoms with E-state index in [2.05, 4.69) is 10.6 Å². The first-order valence-electron chi connectivity index (χ1n) is 6.70. The van der Waals surface area contributed by atoms with E-state index in [-0.39, 0.29) is 16.8 Å². The zero-order valence-corrected chi connectivity index (χ0v) is 11.8. The van der Waals surface area contributed by atoms with Crippen LogP contribution in [0.3, 0.4) is 0 Å². The summed E-state index contributed by atoms with van der Waals surface area (Å²) in [6, 6.07) is 5.62. The maximum atomic E-state index is 12.9. The van der Waals surface area contributed by atoms with Crippen LogP contribution in [-0.4, -0.2) is 11.2 Å². The Morgan fingerprint density at radius 3 is 2.40 bits per heavy atom. The smallest absolute Gasteiger partial charge is 0.360 e. The van der Waals surface area contributed by atoms with Crippen molar-refractivity contribution in [2.45, 2.75) is 44.3 Å². The summed E-state index contributed by atoms with van der Waals surface area (Å²) in [6.07, 6.45) is 1.14. The third-order valence-corrected chi connectivity index (χ3v) is 3.64. The lowest BCUT2D eigenvalue weighted by Crippen LogP contribution is -2.39. The van der Waals surface area contributed by atoms with Gasteiger partial charge < -0.3 is 10.6 Å². The van der Waals surface area contributed by atoms with E-state index in [4.69, 9.17) is 12.2 Å². The van der Waals surface area contributed by atoms with Crippen molar-refractivity contribution in [2.75, 3.05) is 5.32 Å². The van der Waals surface area contributed by atoms with Crippen LogP contribution in [0, 0.1) is 0 Å². The van der Waals surface area contributed by atoms with E-state index in [0.29, 0.717) is 0 Å². The fourth-order valence-electron chi connectivity index (χ4n) is 2.43. The van der Waals surface area contributed by atoms with Crippen molar-refractivity contribution < 1.29 is 13.2 Å². The number of hydrogen-bond acceptors (Lipinski definition) is 1. The molecule has 6 heteroatoms. The van der Waals surface area contributed by atoms with Gasteiger partial charge in [0.05, 0.1) is 11.3 Å². The van der Waals surface area contributed by atoms with Gasteiger partial charge in [0, 0.05) is 6.04 Å². The number of halogens is 3. The highest BCUT2D eigenvalue weighted by Gasteiger charge is 2.33. The van der Waals surface area contributed by atoms with Gasteiger partial charge in [0.2, 0.25) is 0 Å². The number of alkyl halides is 3. The van der Waals surface area contributed by atoms with E-state index in [1.54, 1.807) is 6.07 Å². The molecule has 1 aromatic carbocycles. The SMILES string of the molecule is FC(F)(F)c1ccccc1NC(=S)NC1CCCCC1. The molecule has 0 amide bonds. The Hall–Kier alpha value is -1.30. The fraction of sp³-hybridized carbons (Fsp3) is 0.500. The molecule has 1 saturated carbocycles. The average Bonchev–Trinajstić information content (AvgIpc) is 2.39. The van der Waals surface area contributed by atoms with Crippen molar-refractivity contribution in [3.8, 4) is 0 Å². The number of thiocarbonyl (C=S) groups is 1. The van der Waals surface area contributed by atoms with Crippen LogP contribution in [0.5, 0.6) is 0 Å². The number of benzene rings is 1. The molecule has 2 N–H and O–H groups in total. The Bertz CT molecular complexity index is 468. The molecule has 0 bridgehead atoms. The highest BCUT2D eigenvalue weighted by atomic mass is 32.1. The second-order valence-corrected chi connectivity index (χ2v) is 5.38. The summed E-state index contributed by atoms with van der Waals surface area (Å²) in [4.78, 5) is 0. The summed E-state index contributed by atoms with van der Waals surface area (Å²) in [5, 5.41) is 6.02. The minimum absolute atomic E-state index is 0.00619. The van der Waals surface area contributed by atoms with Gasteiger partial charge in [-0.15, -0.1) is 0 Å². The van der Waals surface area contributed by atoms with Crippen molar-refractivity contribution >= 4 is 23.0 Å². The summed E-state index contributed by atoms with van der Waals surface area (Å²) < 4.78 is 38.6. The first-order valence-corrected chi connectivity index (χ1v) is 7.11. The van der Waals surface area contributed by atoms with E-state index < -0.39 is 11.7 Å².